The van der Waals surface area contributed by atoms with Crippen molar-refractivity contribution < 1.29 is 14.3 Å². The number of pyridine rings is 2. The van der Waals surface area contributed by atoms with Crippen LogP contribution in [-0.4, -0.2) is 115 Å². The number of nitriles is 2. The number of piperazine rings is 1. The molecule has 0 aliphatic carbocycles. The Morgan fingerprint density at radius 1 is 0.864 bits per heavy atom. The van der Waals surface area contributed by atoms with Gasteiger partial charge in [0.1, 0.15) is 11.5 Å². The first-order chi connectivity index (χ1) is 28.5. The lowest BCUT2D eigenvalue weighted by atomic mass is 9.99. The van der Waals surface area contributed by atoms with Crippen LogP contribution in [0.5, 0.6) is 11.5 Å². The monoisotopic (exact) mass is 917 g/mol. The minimum atomic E-state index is -0.0696. The zero-order valence-electron chi connectivity index (χ0n) is 33.7. The lowest BCUT2D eigenvalue weighted by Crippen LogP contribution is -2.45. The lowest BCUT2D eigenvalue weighted by molar-refractivity contribution is 0.0881. The second-order valence-electron chi connectivity index (χ2n) is 14.3. The van der Waals surface area contributed by atoms with Gasteiger partial charge in [-0.25, -0.2) is 0 Å². The molecule has 0 unspecified atom stereocenters. The molecule has 1 saturated heterocycles. The largest absolute Gasteiger partial charge is 0.496 e. The molecule has 12 nitrogen and oxygen atoms in total. The van der Waals surface area contributed by atoms with Crippen LogP contribution in [0.25, 0.3) is 45.1 Å². The van der Waals surface area contributed by atoms with Gasteiger partial charge in [-0.1, -0.05) is 31.9 Å². The maximum absolute atomic E-state index is 12.7. The topological polar surface area (TPSA) is 139 Å². The molecule has 1 aliphatic heterocycles. The van der Waals surface area contributed by atoms with Crippen LogP contribution >= 0.6 is 31.9 Å². The number of hydrogen-bond donors (Lipinski definition) is 1. The number of fused-ring (bicyclic) bond motifs is 2. The molecular weight excluding hydrogens is 874 g/mol. The molecular formula is C45H45Br2N9O3. The number of carbonyl (C=O) groups is 1. The molecule has 6 aromatic rings. The van der Waals surface area contributed by atoms with Crippen molar-refractivity contribution in [3.63, 3.8) is 0 Å². The predicted octanol–water partition coefficient (Wildman–Crippen LogP) is 8.26. The van der Waals surface area contributed by atoms with Crippen LogP contribution in [0.15, 0.2) is 88.5 Å². The standard InChI is InChI=1S/C24H26BrN5O.C21H19BrN4O2/c1-29-9-11-30(12-10-29)8-6-22-24(20-14-19(25)3-4-21(20)28-22)17(15-26)13-18-16-27-7-5-23(18)31-2;1-25(2)13-21(27)26-12-18(17-9-16(22)4-5-19(17)26)14(10-23)8-15-11-24-7-6-20(15)28-3/h3-5,7,13-14,16,28H,6,8-12H2,1-2H3;4-9,11-12H,13H2,1-3H3/b17-13+;14-8+. The zero-order chi connectivity index (χ0) is 42.1. The summed E-state index contributed by atoms with van der Waals surface area (Å²) in [5.74, 6) is 1.25. The molecule has 14 heteroatoms. The first kappa shape index (κ1) is 43.0. The summed E-state index contributed by atoms with van der Waals surface area (Å²) in [6.07, 6.45) is 12.9. The van der Waals surface area contributed by atoms with E-state index in [1.54, 1.807) is 68.0 Å². The number of rotatable bonds is 11. The van der Waals surface area contributed by atoms with Crippen LogP contribution in [0.4, 0.5) is 0 Å². The minimum Gasteiger partial charge on any atom is -0.496 e. The third-order valence-corrected chi connectivity index (χ3v) is 11.0. The normalized spacial score (nSPS) is 13.9. The molecule has 0 radical (unpaired) electrons. The van der Waals surface area contributed by atoms with E-state index in [1.165, 1.54) is 0 Å². The Bertz CT molecular complexity index is 2610. The Balaban J connectivity index is 0.000000199. The molecule has 0 bridgehead atoms. The molecule has 59 heavy (non-hydrogen) atoms. The number of aromatic nitrogens is 4. The Kier molecular flexibility index (Phi) is 14.5. The fraction of sp³-hybridized carbons (Fsp3) is 0.267. The summed E-state index contributed by atoms with van der Waals surface area (Å²) in [5, 5.41) is 21.8. The summed E-state index contributed by atoms with van der Waals surface area (Å²) in [7, 11) is 9.05. The molecule has 2 aromatic carbocycles. The number of nitrogens with zero attached hydrogens (tertiary/aromatic N) is 8. The third kappa shape index (κ3) is 10.3. The molecule has 1 fully saturated rings. The van der Waals surface area contributed by atoms with Crippen molar-refractivity contribution in [3.8, 4) is 23.6 Å². The Morgan fingerprint density at radius 2 is 1.46 bits per heavy atom. The van der Waals surface area contributed by atoms with E-state index in [2.05, 4.69) is 87.9 Å². The summed E-state index contributed by atoms with van der Waals surface area (Å²) >= 11 is 7.06. The van der Waals surface area contributed by atoms with E-state index < -0.39 is 0 Å². The lowest BCUT2D eigenvalue weighted by Gasteiger charge is -2.32. The summed E-state index contributed by atoms with van der Waals surface area (Å²) in [6.45, 7) is 5.56. The highest BCUT2D eigenvalue weighted by Crippen LogP contribution is 2.35. The van der Waals surface area contributed by atoms with Crippen LogP contribution in [0.1, 0.15) is 32.7 Å². The van der Waals surface area contributed by atoms with Crippen molar-refractivity contribution in [1.82, 2.24) is 34.2 Å². The Morgan fingerprint density at radius 3 is 2.05 bits per heavy atom. The number of carbonyl (C=O) groups excluding carboxylic acids is 1. The second kappa shape index (κ2) is 19.9. The van der Waals surface area contributed by atoms with Crippen molar-refractivity contribution in [1.29, 1.82) is 10.5 Å². The molecule has 0 amide bonds. The number of methoxy groups -OCH3 is 2. The van der Waals surface area contributed by atoms with Crippen LogP contribution < -0.4 is 9.47 Å². The summed E-state index contributed by atoms with van der Waals surface area (Å²) in [5.41, 5.74) is 7.01. The fourth-order valence-corrected chi connectivity index (χ4v) is 7.77. The SMILES string of the molecule is COc1ccncc1/C=C(\C#N)c1c(CCN2CCN(C)CC2)[nH]c2ccc(Br)cc12.COc1ccncc1/C=C(\C#N)c1cn(C(=O)CN(C)C)c2ccc(Br)cc12. The third-order valence-electron chi connectivity index (χ3n) is 10.1. The van der Waals surface area contributed by atoms with Crippen molar-refractivity contribution in [2.75, 3.05) is 74.6 Å². The van der Waals surface area contributed by atoms with Gasteiger partial charge in [-0.15, -0.1) is 0 Å². The fourth-order valence-electron chi connectivity index (χ4n) is 7.04. The first-order valence-corrected chi connectivity index (χ1v) is 20.5. The van der Waals surface area contributed by atoms with E-state index >= 15 is 0 Å². The molecule has 5 heterocycles. The number of H-pyrrole nitrogens is 1. The van der Waals surface area contributed by atoms with Crippen molar-refractivity contribution in [3.05, 3.63) is 116 Å². The van der Waals surface area contributed by atoms with Crippen LogP contribution in [0.3, 0.4) is 0 Å². The van der Waals surface area contributed by atoms with E-state index in [1.807, 2.05) is 49.3 Å². The quantitative estimate of drug-likeness (QED) is 0.126. The second-order valence-corrected chi connectivity index (χ2v) is 16.2. The van der Waals surface area contributed by atoms with E-state index in [9.17, 15) is 15.3 Å². The maximum atomic E-state index is 12.7. The number of likely N-dealkylation sites (N-methyl/N-ethyl adjacent to an activating group) is 2. The first-order valence-electron chi connectivity index (χ1n) is 18.9. The van der Waals surface area contributed by atoms with Crippen LogP contribution in [0.2, 0.25) is 0 Å². The highest BCUT2D eigenvalue weighted by Gasteiger charge is 2.20. The van der Waals surface area contributed by atoms with Crippen LogP contribution in [-0.2, 0) is 6.42 Å². The van der Waals surface area contributed by atoms with Gasteiger partial charge in [0.05, 0.1) is 49.6 Å². The van der Waals surface area contributed by atoms with Gasteiger partial charge >= 0.3 is 0 Å². The zero-order valence-corrected chi connectivity index (χ0v) is 36.8. The number of aromatic amines is 1. The van der Waals surface area contributed by atoms with Crippen molar-refractivity contribution >= 4 is 82.9 Å². The highest BCUT2D eigenvalue weighted by atomic mass is 79.9. The average molecular weight is 920 g/mol. The van der Waals surface area contributed by atoms with E-state index in [0.29, 0.717) is 33.8 Å². The molecule has 1 N–H and O–H groups in total. The molecule has 302 valence electrons. The van der Waals surface area contributed by atoms with E-state index in [-0.39, 0.29) is 12.5 Å². The van der Waals surface area contributed by atoms with Gasteiger partial charge in [0.15, 0.2) is 0 Å². The molecule has 0 spiro atoms. The van der Waals surface area contributed by atoms with Gasteiger partial charge in [0, 0.05) is 123 Å². The van der Waals surface area contributed by atoms with Gasteiger partial charge in [0.2, 0.25) is 5.91 Å². The van der Waals surface area contributed by atoms with E-state index in [0.717, 1.165) is 86.7 Å². The van der Waals surface area contributed by atoms with Gasteiger partial charge in [-0.2, -0.15) is 10.5 Å². The molecule has 4 aromatic heterocycles. The summed E-state index contributed by atoms with van der Waals surface area (Å²) in [6, 6.07) is 20.0. The Hall–Kier alpha value is -5.61. The predicted molar refractivity (Wildman–Crippen MR) is 241 cm³/mol. The maximum Gasteiger partial charge on any atom is 0.245 e. The van der Waals surface area contributed by atoms with Gasteiger partial charge in [-0.05, 0) is 81.8 Å². The van der Waals surface area contributed by atoms with Gasteiger partial charge in [-0.3, -0.25) is 19.3 Å². The number of halogens is 2. The van der Waals surface area contributed by atoms with E-state index in [4.69, 9.17) is 9.47 Å². The van der Waals surface area contributed by atoms with Gasteiger partial charge < -0.3 is 29.2 Å². The highest BCUT2D eigenvalue weighted by molar-refractivity contribution is 9.10. The average Bonchev–Trinajstić information content (AvgIpc) is 3.79. The summed E-state index contributed by atoms with van der Waals surface area (Å²) in [4.78, 5) is 31.3. The van der Waals surface area contributed by atoms with Crippen molar-refractivity contribution in [2.24, 2.45) is 0 Å². The number of allylic oxidation sites excluding steroid dienone is 2. The van der Waals surface area contributed by atoms with Crippen molar-refractivity contribution in [2.45, 2.75) is 6.42 Å². The number of hydrogen-bond acceptors (Lipinski definition) is 10. The van der Waals surface area contributed by atoms with Gasteiger partial charge in [0.25, 0.3) is 0 Å². The number of benzene rings is 2. The molecule has 1 aliphatic rings. The Labute approximate surface area is 361 Å². The number of ether oxygens (including phenoxy) is 2. The number of nitrogens with one attached hydrogen (secondary N) is 1. The smallest absolute Gasteiger partial charge is 0.245 e. The van der Waals surface area contributed by atoms with Crippen LogP contribution in [0, 0.1) is 22.7 Å². The minimum absolute atomic E-state index is 0.0696. The molecule has 0 saturated carbocycles. The summed E-state index contributed by atoms with van der Waals surface area (Å²) < 4.78 is 14.3. The molecule has 0 atom stereocenters. The molecule has 7 rings (SSSR count).